The maximum Gasteiger partial charge on any atom is 0.142 e. The van der Waals surface area contributed by atoms with Crippen LogP contribution in [0.1, 0.15) is 26.6 Å². The van der Waals surface area contributed by atoms with Crippen LogP contribution < -0.4 is 5.73 Å². The van der Waals surface area contributed by atoms with Gasteiger partial charge in [-0.3, -0.25) is 0 Å². The second-order valence-corrected chi connectivity index (χ2v) is 3.77. The molecule has 0 fully saturated rings. The summed E-state index contributed by atoms with van der Waals surface area (Å²) < 4.78 is 7.38. The molecule has 14 heavy (non-hydrogen) atoms. The van der Waals surface area contributed by atoms with Crippen molar-refractivity contribution in [3.05, 3.63) is 12.0 Å². The maximum atomic E-state index is 5.64. The van der Waals surface area contributed by atoms with E-state index in [0.29, 0.717) is 24.9 Å². The van der Waals surface area contributed by atoms with E-state index in [0.717, 1.165) is 12.4 Å². The summed E-state index contributed by atoms with van der Waals surface area (Å²) in [6.45, 7) is 8.49. The molecule has 4 heteroatoms. The van der Waals surface area contributed by atoms with Crippen LogP contribution in [-0.2, 0) is 17.9 Å². The fourth-order valence-electron chi connectivity index (χ4n) is 1.34. The van der Waals surface area contributed by atoms with Gasteiger partial charge < -0.3 is 15.0 Å². The third-order valence-electron chi connectivity index (χ3n) is 1.87. The first-order valence-corrected chi connectivity index (χ1v) is 5.02. The van der Waals surface area contributed by atoms with Gasteiger partial charge in [0.1, 0.15) is 18.2 Å². The molecular weight excluding hydrogens is 178 g/mol. The summed E-state index contributed by atoms with van der Waals surface area (Å²) in [6.07, 6.45) is 1.87. The standard InChI is InChI=1S/C10H19N3O/c1-4-14-7-10-12-9(11)6-13(10)5-8(2)3/h6,8H,4-5,7,11H2,1-3H3. The molecule has 0 bridgehead atoms. The molecule has 0 radical (unpaired) electrons. The average Bonchev–Trinajstić information content (AvgIpc) is 2.41. The van der Waals surface area contributed by atoms with Crippen LogP contribution in [0.5, 0.6) is 0 Å². The average molecular weight is 197 g/mol. The van der Waals surface area contributed by atoms with Crippen LogP contribution in [0.15, 0.2) is 6.20 Å². The molecule has 0 unspecified atom stereocenters. The molecule has 0 aliphatic rings. The van der Waals surface area contributed by atoms with Crippen molar-refractivity contribution < 1.29 is 4.74 Å². The molecule has 0 amide bonds. The summed E-state index contributed by atoms with van der Waals surface area (Å²) >= 11 is 0. The van der Waals surface area contributed by atoms with Crippen molar-refractivity contribution >= 4 is 5.82 Å². The minimum Gasteiger partial charge on any atom is -0.382 e. The molecule has 0 spiro atoms. The van der Waals surface area contributed by atoms with Gasteiger partial charge in [0.2, 0.25) is 0 Å². The Bertz CT molecular complexity index is 281. The van der Waals surface area contributed by atoms with E-state index in [1.807, 2.05) is 13.1 Å². The third kappa shape index (κ3) is 3.03. The van der Waals surface area contributed by atoms with Gasteiger partial charge in [-0.05, 0) is 12.8 Å². The molecule has 4 nitrogen and oxygen atoms in total. The van der Waals surface area contributed by atoms with Crippen LogP contribution in [-0.4, -0.2) is 16.2 Å². The largest absolute Gasteiger partial charge is 0.382 e. The topological polar surface area (TPSA) is 53.1 Å². The van der Waals surface area contributed by atoms with E-state index in [2.05, 4.69) is 23.4 Å². The molecule has 0 aliphatic carbocycles. The van der Waals surface area contributed by atoms with Crippen molar-refractivity contribution in [3.8, 4) is 0 Å². The molecule has 1 aromatic rings. The monoisotopic (exact) mass is 197 g/mol. The number of nitrogen functional groups attached to an aromatic ring is 1. The Morgan fingerprint density at radius 2 is 2.29 bits per heavy atom. The summed E-state index contributed by atoms with van der Waals surface area (Å²) in [5, 5.41) is 0. The lowest BCUT2D eigenvalue weighted by molar-refractivity contribution is 0.125. The van der Waals surface area contributed by atoms with Crippen molar-refractivity contribution in [1.29, 1.82) is 0 Å². The zero-order chi connectivity index (χ0) is 10.6. The molecule has 0 atom stereocenters. The second-order valence-electron chi connectivity index (χ2n) is 3.77. The van der Waals surface area contributed by atoms with Crippen LogP contribution in [0, 0.1) is 5.92 Å². The first kappa shape index (κ1) is 11.0. The SMILES string of the molecule is CCOCc1nc(N)cn1CC(C)C. The highest BCUT2D eigenvalue weighted by molar-refractivity contribution is 5.25. The minimum absolute atomic E-state index is 0.542. The number of rotatable bonds is 5. The van der Waals surface area contributed by atoms with E-state index in [1.54, 1.807) is 0 Å². The predicted octanol–water partition coefficient (Wildman–Crippen LogP) is 1.66. The Kier molecular flexibility index (Phi) is 3.95. The van der Waals surface area contributed by atoms with Crippen LogP contribution >= 0.6 is 0 Å². The summed E-state index contributed by atoms with van der Waals surface area (Å²) in [5.41, 5.74) is 5.64. The minimum atomic E-state index is 0.542. The van der Waals surface area contributed by atoms with Gasteiger partial charge in [-0.15, -0.1) is 0 Å². The molecule has 1 heterocycles. The molecule has 1 aromatic heterocycles. The Hall–Kier alpha value is -1.03. The number of imidazole rings is 1. The quantitative estimate of drug-likeness (QED) is 0.781. The van der Waals surface area contributed by atoms with Gasteiger partial charge in [-0.1, -0.05) is 13.8 Å². The normalized spacial score (nSPS) is 11.1. The Morgan fingerprint density at radius 3 is 2.86 bits per heavy atom. The molecule has 0 aliphatic heterocycles. The highest BCUT2D eigenvalue weighted by Gasteiger charge is 2.06. The van der Waals surface area contributed by atoms with Crippen molar-refractivity contribution in [3.63, 3.8) is 0 Å². The van der Waals surface area contributed by atoms with Crippen LogP contribution in [0.3, 0.4) is 0 Å². The van der Waals surface area contributed by atoms with Gasteiger partial charge in [-0.2, -0.15) is 0 Å². The summed E-state index contributed by atoms with van der Waals surface area (Å²) in [7, 11) is 0. The zero-order valence-electron chi connectivity index (χ0n) is 9.16. The summed E-state index contributed by atoms with van der Waals surface area (Å²) in [6, 6.07) is 0. The number of nitrogens with two attached hydrogens (primary N) is 1. The van der Waals surface area contributed by atoms with E-state index in [1.165, 1.54) is 0 Å². The van der Waals surface area contributed by atoms with Gasteiger partial charge >= 0.3 is 0 Å². The number of ether oxygens (including phenoxy) is 1. The summed E-state index contributed by atoms with van der Waals surface area (Å²) in [4.78, 5) is 4.22. The van der Waals surface area contributed by atoms with E-state index in [-0.39, 0.29) is 0 Å². The third-order valence-corrected chi connectivity index (χ3v) is 1.87. The Morgan fingerprint density at radius 1 is 1.57 bits per heavy atom. The molecule has 0 saturated heterocycles. The highest BCUT2D eigenvalue weighted by atomic mass is 16.5. The maximum absolute atomic E-state index is 5.64. The fourth-order valence-corrected chi connectivity index (χ4v) is 1.34. The van der Waals surface area contributed by atoms with Gasteiger partial charge in [0.05, 0.1) is 0 Å². The number of aromatic nitrogens is 2. The molecule has 0 aromatic carbocycles. The van der Waals surface area contributed by atoms with Gasteiger partial charge in [0, 0.05) is 19.3 Å². The highest BCUT2D eigenvalue weighted by Crippen LogP contribution is 2.09. The van der Waals surface area contributed by atoms with E-state index < -0.39 is 0 Å². The predicted molar refractivity (Wildman–Crippen MR) is 56.8 cm³/mol. The van der Waals surface area contributed by atoms with Crippen LogP contribution in [0.4, 0.5) is 5.82 Å². The zero-order valence-corrected chi connectivity index (χ0v) is 9.16. The van der Waals surface area contributed by atoms with Crippen molar-refractivity contribution in [2.24, 2.45) is 5.92 Å². The Labute approximate surface area is 85.1 Å². The van der Waals surface area contributed by atoms with Crippen LogP contribution in [0.2, 0.25) is 0 Å². The molecule has 80 valence electrons. The molecule has 2 N–H and O–H groups in total. The smallest absolute Gasteiger partial charge is 0.142 e. The lowest BCUT2D eigenvalue weighted by Gasteiger charge is -2.09. The first-order chi connectivity index (χ1) is 6.63. The van der Waals surface area contributed by atoms with Gasteiger partial charge in [0.25, 0.3) is 0 Å². The summed E-state index contributed by atoms with van der Waals surface area (Å²) in [5.74, 6) is 2.07. The van der Waals surface area contributed by atoms with Gasteiger partial charge in [0.15, 0.2) is 0 Å². The molecular formula is C10H19N3O. The van der Waals surface area contributed by atoms with Crippen LogP contribution in [0.25, 0.3) is 0 Å². The fraction of sp³-hybridized carbons (Fsp3) is 0.700. The number of hydrogen-bond donors (Lipinski definition) is 1. The van der Waals surface area contributed by atoms with E-state index in [4.69, 9.17) is 10.5 Å². The van der Waals surface area contributed by atoms with Crippen molar-refractivity contribution in [2.45, 2.75) is 33.9 Å². The lowest BCUT2D eigenvalue weighted by Crippen LogP contribution is -2.09. The first-order valence-electron chi connectivity index (χ1n) is 5.02. The lowest BCUT2D eigenvalue weighted by atomic mass is 10.2. The molecule has 0 saturated carbocycles. The number of nitrogens with zero attached hydrogens (tertiary/aromatic N) is 2. The number of hydrogen-bond acceptors (Lipinski definition) is 3. The molecule has 1 rings (SSSR count). The van der Waals surface area contributed by atoms with Crippen molar-refractivity contribution in [2.75, 3.05) is 12.3 Å². The second kappa shape index (κ2) is 5.00. The number of anilines is 1. The van der Waals surface area contributed by atoms with E-state index >= 15 is 0 Å². The van der Waals surface area contributed by atoms with E-state index in [9.17, 15) is 0 Å². The van der Waals surface area contributed by atoms with Crippen molar-refractivity contribution in [1.82, 2.24) is 9.55 Å². The Balaban J connectivity index is 2.69. The van der Waals surface area contributed by atoms with Gasteiger partial charge in [-0.25, -0.2) is 4.98 Å².